The zero-order valence-corrected chi connectivity index (χ0v) is 15.3. The molecule has 25 heavy (non-hydrogen) atoms. The van der Waals surface area contributed by atoms with Crippen LogP contribution in [0, 0.1) is 12.7 Å². The Balaban J connectivity index is 2.31. The van der Waals surface area contributed by atoms with Crippen LogP contribution in [0.5, 0.6) is 0 Å². The first-order valence-electron chi connectivity index (χ1n) is 7.82. The van der Waals surface area contributed by atoms with Crippen molar-refractivity contribution in [2.75, 3.05) is 28.6 Å². The summed E-state index contributed by atoms with van der Waals surface area (Å²) in [6, 6.07) is 12.4. The van der Waals surface area contributed by atoms with Crippen molar-refractivity contribution in [1.82, 2.24) is 0 Å². The Labute approximate surface area is 147 Å². The molecule has 0 bridgehead atoms. The highest BCUT2D eigenvalue weighted by atomic mass is 32.2. The molecule has 0 saturated carbocycles. The number of likely N-dealkylation sites (N-methyl/N-ethyl adjacent to an activating group) is 1. The molecule has 0 spiro atoms. The molecule has 0 aromatic heterocycles. The Morgan fingerprint density at radius 1 is 1.08 bits per heavy atom. The quantitative estimate of drug-likeness (QED) is 0.792. The lowest BCUT2D eigenvalue weighted by atomic mass is 10.2. The van der Waals surface area contributed by atoms with Gasteiger partial charge in [-0.05, 0) is 55.8 Å². The van der Waals surface area contributed by atoms with E-state index in [1.165, 1.54) is 17.0 Å². The molecule has 0 heterocycles. The lowest BCUT2D eigenvalue weighted by Crippen LogP contribution is -2.42. The van der Waals surface area contributed by atoms with Gasteiger partial charge in [0.15, 0.2) is 0 Å². The zero-order chi connectivity index (χ0) is 18.6. The smallest absolute Gasteiger partial charge is 0.247 e. The molecule has 0 radical (unpaired) electrons. The topological polar surface area (TPSA) is 57.7 Å². The molecule has 0 fully saturated rings. The minimum Gasteiger partial charge on any atom is -0.311 e. The number of hydrogen-bond acceptors (Lipinski definition) is 3. The molecule has 1 amide bonds. The third-order valence-corrected chi connectivity index (χ3v) is 4.87. The number of sulfonamides is 1. The summed E-state index contributed by atoms with van der Waals surface area (Å²) in [4.78, 5) is 14.3. The number of halogens is 1. The number of amides is 1. The maximum Gasteiger partial charge on any atom is 0.247 e. The Hall–Kier alpha value is -2.41. The summed E-state index contributed by atoms with van der Waals surface area (Å²) >= 11 is 0. The number of nitrogens with zero attached hydrogens (tertiary/aromatic N) is 2. The monoisotopic (exact) mass is 364 g/mol. The summed E-state index contributed by atoms with van der Waals surface area (Å²) in [5.74, 6) is -0.832. The van der Waals surface area contributed by atoms with Crippen LogP contribution in [0.4, 0.5) is 15.8 Å². The average molecular weight is 364 g/mol. The van der Waals surface area contributed by atoms with Crippen molar-refractivity contribution in [1.29, 1.82) is 0 Å². The maximum absolute atomic E-state index is 13.1. The van der Waals surface area contributed by atoms with Gasteiger partial charge in [-0.15, -0.1) is 0 Å². The van der Waals surface area contributed by atoms with Gasteiger partial charge >= 0.3 is 0 Å². The third kappa shape index (κ3) is 4.79. The molecule has 2 aromatic carbocycles. The van der Waals surface area contributed by atoms with Gasteiger partial charge in [-0.1, -0.05) is 12.1 Å². The van der Waals surface area contributed by atoms with Gasteiger partial charge in [0.05, 0.1) is 11.9 Å². The highest BCUT2D eigenvalue weighted by Crippen LogP contribution is 2.20. The van der Waals surface area contributed by atoms with Crippen molar-refractivity contribution >= 4 is 27.3 Å². The Morgan fingerprint density at radius 3 is 2.24 bits per heavy atom. The standard InChI is InChI=1S/C18H21FN2O3S/c1-4-20(17-7-5-6-14(2)12-17)18(22)13-21(25(3,23)24)16-10-8-15(19)9-11-16/h5-12H,4,13H2,1-3H3. The van der Waals surface area contributed by atoms with E-state index in [-0.39, 0.29) is 18.1 Å². The second-order valence-electron chi connectivity index (χ2n) is 5.72. The van der Waals surface area contributed by atoms with Gasteiger partial charge in [0.2, 0.25) is 15.9 Å². The summed E-state index contributed by atoms with van der Waals surface area (Å²) in [5, 5.41) is 0. The van der Waals surface area contributed by atoms with E-state index in [0.717, 1.165) is 28.3 Å². The largest absolute Gasteiger partial charge is 0.311 e. The molecular weight excluding hydrogens is 343 g/mol. The van der Waals surface area contributed by atoms with E-state index in [1.54, 1.807) is 6.07 Å². The van der Waals surface area contributed by atoms with Crippen molar-refractivity contribution in [3.05, 3.63) is 59.9 Å². The number of carbonyl (C=O) groups excluding carboxylic acids is 1. The molecule has 0 unspecified atom stereocenters. The highest BCUT2D eigenvalue weighted by molar-refractivity contribution is 7.92. The van der Waals surface area contributed by atoms with Gasteiger partial charge in [0.25, 0.3) is 0 Å². The van der Waals surface area contributed by atoms with Gasteiger partial charge < -0.3 is 4.90 Å². The Bertz CT molecular complexity index is 851. The Morgan fingerprint density at radius 2 is 1.72 bits per heavy atom. The molecule has 0 N–H and O–H groups in total. The fraction of sp³-hybridized carbons (Fsp3) is 0.278. The van der Waals surface area contributed by atoms with Gasteiger partial charge in [-0.25, -0.2) is 12.8 Å². The van der Waals surface area contributed by atoms with E-state index in [2.05, 4.69) is 0 Å². The van der Waals surface area contributed by atoms with E-state index in [4.69, 9.17) is 0 Å². The molecular formula is C18H21FN2O3S. The SMILES string of the molecule is CCN(C(=O)CN(c1ccc(F)cc1)S(C)(=O)=O)c1cccc(C)c1. The van der Waals surface area contributed by atoms with Gasteiger partial charge in [-0.2, -0.15) is 0 Å². The molecule has 0 atom stereocenters. The van der Waals surface area contributed by atoms with Crippen molar-refractivity contribution in [2.24, 2.45) is 0 Å². The number of carbonyl (C=O) groups is 1. The molecule has 134 valence electrons. The van der Waals surface area contributed by atoms with Crippen LogP contribution in [0.1, 0.15) is 12.5 Å². The summed E-state index contributed by atoms with van der Waals surface area (Å²) in [7, 11) is -3.69. The molecule has 0 aliphatic heterocycles. The predicted octanol–water partition coefficient (Wildman–Crippen LogP) is 2.95. The Kier molecular flexibility index (Phi) is 5.79. The number of aryl methyl sites for hydroxylation is 1. The first-order valence-corrected chi connectivity index (χ1v) is 9.67. The zero-order valence-electron chi connectivity index (χ0n) is 14.4. The predicted molar refractivity (Wildman–Crippen MR) is 97.8 cm³/mol. The fourth-order valence-electron chi connectivity index (χ4n) is 2.51. The number of anilines is 2. The van der Waals surface area contributed by atoms with Gasteiger partial charge in [0.1, 0.15) is 12.4 Å². The van der Waals surface area contributed by atoms with E-state index in [0.29, 0.717) is 12.2 Å². The lowest BCUT2D eigenvalue weighted by Gasteiger charge is -2.27. The van der Waals surface area contributed by atoms with Crippen molar-refractivity contribution in [3.63, 3.8) is 0 Å². The van der Waals surface area contributed by atoms with E-state index < -0.39 is 15.8 Å². The second kappa shape index (κ2) is 7.65. The minimum atomic E-state index is -3.69. The third-order valence-electron chi connectivity index (χ3n) is 3.72. The van der Waals surface area contributed by atoms with Crippen LogP contribution in [0.2, 0.25) is 0 Å². The lowest BCUT2D eigenvalue weighted by molar-refractivity contribution is -0.117. The van der Waals surface area contributed by atoms with Crippen LogP contribution in [-0.2, 0) is 14.8 Å². The summed E-state index contributed by atoms with van der Waals surface area (Å²) in [6.45, 7) is 3.79. The molecule has 2 aromatic rings. The minimum absolute atomic E-state index is 0.248. The highest BCUT2D eigenvalue weighted by Gasteiger charge is 2.24. The molecule has 2 rings (SSSR count). The van der Waals surface area contributed by atoms with Gasteiger partial charge in [0, 0.05) is 12.2 Å². The van der Waals surface area contributed by atoms with Crippen molar-refractivity contribution < 1.29 is 17.6 Å². The molecule has 0 saturated heterocycles. The molecule has 5 nitrogen and oxygen atoms in total. The van der Waals surface area contributed by atoms with Crippen molar-refractivity contribution in [3.8, 4) is 0 Å². The average Bonchev–Trinajstić information content (AvgIpc) is 2.53. The first-order chi connectivity index (χ1) is 11.7. The maximum atomic E-state index is 13.1. The van der Waals surface area contributed by atoms with E-state index in [1.807, 2.05) is 32.0 Å². The van der Waals surface area contributed by atoms with Crippen LogP contribution in [0.15, 0.2) is 48.5 Å². The van der Waals surface area contributed by atoms with Crippen LogP contribution >= 0.6 is 0 Å². The molecule has 0 aliphatic carbocycles. The fourth-order valence-corrected chi connectivity index (χ4v) is 3.36. The summed E-state index contributed by atoms with van der Waals surface area (Å²) in [6.07, 6.45) is 1.02. The summed E-state index contributed by atoms with van der Waals surface area (Å²) in [5.41, 5.74) is 1.96. The molecule has 0 aliphatic rings. The number of hydrogen-bond donors (Lipinski definition) is 0. The number of rotatable bonds is 6. The van der Waals surface area contributed by atoms with Crippen LogP contribution in [0.25, 0.3) is 0 Å². The van der Waals surface area contributed by atoms with Gasteiger partial charge in [-0.3, -0.25) is 9.10 Å². The van der Waals surface area contributed by atoms with E-state index in [9.17, 15) is 17.6 Å². The van der Waals surface area contributed by atoms with Crippen LogP contribution < -0.4 is 9.21 Å². The van der Waals surface area contributed by atoms with Crippen LogP contribution in [0.3, 0.4) is 0 Å². The van der Waals surface area contributed by atoms with E-state index >= 15 is 0 Å². The number of benzene rings is 2. The normalized spacial score (nSPS) is 11.2. The molecule has 7 heteroatoms. The first kappa shape index (κ1) is 18.9. The second-order valence-corrected chi connectivity index (χ2v) is 7.63. The van der Waals surface area contributed by atoms with Crippen LogP contribution in [-0.4, -0.2) is 33.7 Å². The van der Waals surface area contributed by atoms with Crippen molar-refractivity contribution in [2.45, 2.75) is 13.8 Å². The summed E-state index contributed by atoms with van der Waals surface area (Å²) < 4.78 is 38.3.